The van der Waals surface area contributed by atoms with Gasteiger partial charge in [0.25, 0.3) is 11.8 Å². The molecule has 2 aliphatic heterocycles. The minimum absolute atomic E-state index is 0.0930. The molecule has 126 valence electrons. The van der Waals surface area contributed by atoms with E-state index < -0.39 is 12.0 Å². The lowest BCUT2D eigenvalue weighted by Crippen LogP contribution is -2.53. The summed E-state index contributed by atoms with van der Waals surface area (Å²) in [6.07, 6.45) is 0.549. The summed E-state index contributed by atoms with van der Waals surface area (Å²) in [5.74, 6) is -1.87. The first-order valence-corrected chi connectivity index (χ1v) is 8.46. The first kappa shape index (κ1) is 16.5. The molecule has 2 heterocycles. The van der Waals surface area contributed by atoms with Crippen LogP contribution in [0.2, 0.25) is 0 Å². The number of fused-ring (bicyclic) bond motifs is 1. The van der Waals surface area contributed by atoms with Gasteiger partial charge in [0.05, 0.1) is 5.75 Å². The molecule has 1 atom stereocenters. The van der Waals surface area contributed by atoms with Gasteiger partial charge in [-0.05, 0) is 24.1 Å². The van der Waals surface area contributed by atoms with Crippen molar-refractivity contribution in [3.8, 4) is 0 Å². The number of benzene rings is 1. The number of nitrogens with zero attached hydrogens (tertiary/aromatic N) is 2. The zero-order valence-electron chi connectivity index (χ0n) is 13.0. The Bertz CT molecular complexity index is 748. The van der Waals surface area contributed by atoms with E-state index in [1.807, 2.05) is 0 Å². The maximum Gasteiger partial charge on any atom is 0.313 e. The Morgan fingerprint density at radius 3 is 2.79 bits per heavy atom. The maximum atomic E-state index is 12.7. The van der Waals surface area contributed by atoms with E-state index in [2.05, 4.69) is 0 Å². The zero-order chi connectivity index (χ0) is 17.4. The summed E-state index contributed by atoms with van der Waals surface area (Å²) in [5, 5.41) is 8.84. The van der Waals surface area contributed by atoms with Crippen LogP contribution in [-0.2, 0) is 20.9 Å². The molecule has 0 saturated carbocycles. The van der Waals surface area contributed by atoms with Gasteiger partial charge in [0.1, 0.15) is 6.04 Å². The molecule has 0 aromatic heterocycles. The predicted molar refractivity (Wildman–Crippen MR) is 85.5 cm³/mol. The molecule has 0 radical (unpaired) electrons. The van der Waals surface area contributed by atoms with Crippen LogP contribution in [0.15, 0.2) is 23.1 Å². The third-order valence-corrected chi connectivity index (χ3v) is 5.39. The fraction of sp³-hybridized carbons (Fsp3) is 0.375. The number of carboxylic acids is 1. The van der Waals surface area contributed by atoms with Crippen LogP contribution in [0.4, 0.5) is 0 Å². The van der Waals surface area contributed by atoms with Crippen LogP contribution in [0.25, 0.3) is 0 Å². The van der Waals surface area contributed by atoms with Crippen molar-refractivity contribution < 1.29 is 24.3 Å². The van der Waals surface area contributed by atoms with E-state index in [9.17, 15) is 19.2 Å². The number of hydrogen-bond donors (Lipinski definition) is 1. The van der Waals surface area contributed by atoms with Gasteiger partial charge in [-0.1, -0.05) is 6.07 Å². The van der Waals surface area contributed by atoms with Crippen molar-refractivity contribution in [2.75, 3.05) is 12.8 Å². The predicted octanol–water partition coefficient (Wildman–Crippen LogP) is 0.966. The lowest BCUT2D eigenvalue weighted by molar-refractivity contribution is -0.150. The van der Waals surface area contributed by atoms with Crippen LogP contribution in [0.3, 0.4) is 0 Å². The number of hydrogen-bond acceptors (Lipinski definition) is 5. The number of carbonyl (C=O) groups excluding carboxylic acids is 3. The van der Waals surface area contributed by atoms with Crippen LogP contribution >= 0.6 is 11.8 Å². The van der Waals surface area contributed by atoms with E-state index in [1.54, 1.807) is 18.2 Å². The molecular formula is C16H16N2O5S. The summed E-state index contributed by atoms with van der Waals surface area (Å²) < 4.78 is 0. The summed E-state index contributed by atoms with van der Waals surface area (Å²) in [6.45, 7) is 0.259. The van der Waals surface area contributed by atoms with Gasteiger partial charge in [-0.15, -0.1) is 11.8 Å². The Balaban J connectivity index is 1.85. The van der Waals surface area contributed by atoms with Crippen LogP contribution < -0.4 is 0 Å². The van der Waals surface area contributed by atoms with Crippen molar-refractivity contribution in [1.82, 2.24) is 9.80 Å². The molecule has 1 aromatic carbocycles. The molecular weight excluding hydrogens is 332 g/mol. The Hall–Kier alpha value is -2.35. The van der Waals surface area contributed by atoms with Gasteiger partial charge >= 0.3 is 5.97 Å². The molecule has 2 aliphatic rings. The number of aliphatic carboxylic acids is 1. The number of likely N-dealkylation sites (N-methyl/N-ethyl adjacent to an activating group) is 1. The van der Waals surface area contributed by atoms with Gasteiger partial charge < -0.3 is 10.0 Å². The van der Waals surface area contributed by atoms with E-state index in [4.69, 9.17) is 5.11 Å². The van der Waals surface area contributed by atoms with E-state index in [1.165, 1.54) is 11.9 Å². The van der Waals surface area contributed by atoms with E-state index in [-0.39, 0.29) is 36.4 Å². The lowest BCUT2D eigenvalue weighted by Gasteiger charge is -2.33. The number of carbonyl (C=O) groups is 4. The topological polar surface area (TPSA) is 95.0 Å². The van der Waals surface area contributed by atoms with Crippen molar-refractivity contribution in [3.63, 3.8) is 0 Å². The number of rotatable bonds is 4. The Kier molecular flexibility index (Phi) is 4.31. The molecule has 0 spiro atoms. The molecule has 1 fully saturated rings. The largest absolute Gasteiger partial charge is 0.481 e. The lowest BCUT2D eigenvalue weighted by atomic mass is 10.0. The van der Waals surface area contributed by atoms with Gasteiger partial charge in [0, 0.05) is 30.5 Å². The summed E-state index contributed by atoms with van der Waals surface area (Å²) in [7, 11) is 1.43. The molecule has 0 bridgehead atoms. The molecule has 0 aliphatic carbocycles. The number of likely N-dealkylation sites (tertiary alicyclic amines) is 1. The van der Waals surface area contributed by atoms with Crippen molar-refractivity contribution >= 4 is 35.5 Å². The normalized spacial score (nSPS) is 20.5. The Morgan fingerprint density at radius 1 is 1.33 bits per heavy atom. The van der Waals surface area contributed by atoms with Crippen molar-refractivity contribution in [2.45, 2.75) is 30.3 Å². The number of carboxylic acid groups (broad SMARTS) is 1. The van der Waals surface area contributed by atoms with Crippen LogP contribution in [0.5, 0.6) is 0 Å². The Morgan fingerprint density at radius 2 is 2.08 bits per heavy atom. The molecule has 1 saturated heterocycles. The summed E-state index contributed by atoms with van der Waals surface area (Å²) in [4.78, 5) is 50.7. The van der Waals surface area contributed by atoms with Gasteiger partial charge in [0.15, 0.2) is 0 Å². The van der Waals surface area contributed by atoms with E-state index in [0.29, 0.717) is 12.0 Å². The second kappa shape index (κ2) is 6.27. The number of amides is 3. The first-order chi connectivity index (χ1) is 11.4. The van der Waals surface area contributed by atoms with Gasteiger partial charge in [-0.25, -0.2) is 0 Å². The highest BCUT2D eigenvalue weighted by Crippen LogP contribution is 2.34. The number of piperidine rings is 1. The highest BCUT2D eigenvalue weighted by atomic mass is 32.2. The third kappa shape index (κ3) is 2.77. The fourth-order valence-corrected chi connectivity index (χ4v) is 3.84. The van der Waals surface area contributed by atoms with E-state index in [0.717, 1.165) is 27.1 Å². The smallest absolute Gasteiger partial charge is 0.313 e. The Labute approximate surface area is 142 Å². The molecule has 1 aromatic rings. The monoisotopic (exact) mass is 348 g/mol. The average molecular weight is 348 g/mol. The van der Waals surface area contributed by atoms with Crippen LogP contribution in [-0.4, -0.2) is 57.4 Å². The number of imide groups is 1. The molecule has 3 amide bonds. The summed E-state index contributed by atoms with van der Waals surface area (Å²) in [6, 6.07) is 4.53. The summed E-state index contributed by atoms with van der Waals surface area (Å²) in [5.41, 5.74) is 1.25. The molecule has 24 heavy (non-hydrogen) atoms. The van der Waals surface area contributed by atoms with Crippen molar-refractivity contribution in [2.24, 2.45) is 0 Å². The molecule has 8 heteroatoms. The van der Waals surface area contributed by atoms with Crippen molar-refractivity contribution in [3.05, 3.63) is 29.3 Å². The zero-order valence-corrected chi connectivity index (χ0v) is 13.8. The number of thioether (sulfide) groups is 1. The fourth-order valence-electron chi connectivity index (χ4n) is 3.04. The highest BCUT2D eigenvalue weighted by Gasteiger charge is 2.41. The maximum absolute atomic E-state index is 12.7. The second-order valence-electron chi connectivity index (χ2n) is 5.74. The standard InChI is InChI=1S/C16H16N2O5S/c1-17-13(19)6-5-11(16(17)23)18-7-10-9(15(18)22)3-2-4-12(10)24-8-14(20)21/h2-4,11H,5-8H2,1H3,(H,20,21). The highest BCUT2D eigenvalue weighted by molar-refractivity contribution is 8.00. The molecule has 1 N–H and O–H groups in total. The summed E-state index contributed by atoms with van der Waals surface area (Å²) >= 11 is 1.16. The minimum Gasteiger partial charge on any atom is -0.481 e. The van der Waals surface area contributed by atoms with E-state index >= 15 is 0 Å². The quantitative estimate of drug-likeness (QED) is 0.643. The molecule has 3 rings (SSSR count). The molecule has 1 unspecified atom stereocenters. The van der Waals surface area contributed by atoms with Gasteiger partial charge in [-0.3, -0.25) is 24.1 Å². The first-order valence-electron chi connectivity index (χ1n) is 7.48. The third-order valence-electron chi connectivity index (χ3n) is 4.30. The average Bonchev–Trinajstić information content (AvgIpc) is 2.88. The molecule has 7 nitrogen and oxygen atoms in total. The van der Waals surface area contributed by atoms with Crippen molar-refractivity contribution in [1.29, 1.82) is 0 Å². The SMILES string of the molecule is CN1C(=O)CCC(N2Cc3c(SCC(=O)O)cccc3C2=O)C1=O. The minimum atomic E-state index is -0.929. The van der Waals surface area contributed by atoms with Gasteiger partial charge in [0.2, 0.25) is 5.91 Å². The van der Waals surface area contributed by atoms with Crippen LogP contribution in [0.1, 0.15) is 28.8 Å². The second-order valence-corrected chi connectivity index (χ2v) is 6.76. The van der Waals surface area contributed by atoms with Gasteiger partial charge in [-0.2, -0.15) is 0 Å². The van der Waals surface area contributed by atoms with Crippen LogP contribution in [0, 0.1) is 0 Å².